The summed E-state index contributed by atoms with van der Waals surface area (Å²) in [6, 6.07) is 0. The van der Waals surface area contributed by atoms with E-state index in [-0.39, 0.29) is 0 Å². The maximum Gasteiger partial charge on any atom is 0.00806 e. The van der Waals surface area contributed by atoms with Gasteiger partial charge in [-0.2, -0.15) is 23.5 Å². The van der Waals surface area contributed by atoms with E-state index in [1.807, 2.05) is 11.8 Å². The summed E-state index contributed by atoms with van der Waals surface area (Å²) < 4.78 is 0. The van der Waals surface area contributed by atoms with Crippen LogP contribution in [0.1, 0.15) is 39.0 Å². The smallest absolute Gasteiger partial charge is 0.00806 e. The van der Waals surface area contributed by atoms with Crippen molar-refractivity contribution < 1.29 is 0 Å². The van der Waals surface area contributed by atoms with Crippen LogP contribution in [-0.4, -0.2) is 23.5 Å². The molecule has 1 aliphatic carbocycles. The molecule has 0 amide bonds. The van der Waals surface area contributed by atoms with E-state index in [2.05, 4.69) is 31.2 Å². The quantitative estimate of drug-likeness (QED) is 0.693. The van der Waals surface area contributed by atoms with Crippen LogP contribution in [0, 0.1) is 11.8 Å². The van der Waals surface area contributed by atoms with Gasteiger partial charge in [-0.15, -0.1) is 0 Å². The van der Waals surface area contributed by atoms with E-state index >= 15 is 0 Å². The minimum atomic E-state index is 0.954. The van der Waals surface area contributed by atoms with Crippen molar-refractivity contribution in [2.45, 2.75) is 44.3 Å². The van der Waals surface area contributed by atoms with Crippen molar-refractivity contribution in [2.75, 3.05) is 18.3 Å². The van der Waals surface area contributed by atoms with Gasteiger partial charge in [0.25, 0.3) is 0 Å². The lowest BCUT2D eigenvalue weighted by Gasteiger charge is -2.35. The summed E-state index contributed by atoms with van der Waals surface area (Å²) in [6.07, 6.45) is 11.8. The molecule has 0 aromatic carbocycles. The monoisotopic (exact) mass is 232 g/mol. The van der Waals surface area contributed by atoms with E-state index in [4.69, 9.17) is 0 Å². The largest absolute Gasteiger partial charge is 0.165 e. The van der Waals surface area contributed by atoms with Gasteiger partial charge in [-0.1, -0.05) is 19.8 Å². The summed E-state index contributed by atoms with van der Waals surface area (Å²) in [4.78, 5) is 0. The molecule has 0 aromatic rings. The average molecular weight is 232 g/mol. The van der Waals surface area contributed by atoms with Gasteiger partial charge in [0.05, 0.1) is 0 Å². The van der Waals surface area contributed by atoms with Crippen molar-refractivity contribution >= 4 is 23.5 Å². The molecule has 0 radical (unpaired) electrons. The highest BCUT2D eigenvalue weighted by Gasteiger charge is 2.28. The van der Waals surface area contributed by atoms with Gasteiger partial charge in [-0.25, -0.2) is 0 Å². The second-order valence-electron chi connectivity index (χ2n) is 4.46. The number of hydrogen-bond acceptors (Lipinski definition) is 2. The van der Waals surface area contributed by atoms with Crippen LogP contribution < -0.4 is 0 Å². The molecule has 1 rings (SSSR count). The molecule has 0 heterocycles. The molecule has 0 N–H and O–H groups in total. The van der Waals surface area contributed by atoms with Crippen LogP contribution in [-0.2, 0) is 0 Å². The highest BCUT2D eigenvalue weighted by molar-refractivity contribution is 7.99. The topological polar surface area (TPSA) is 0 Å². The Morgan fingerprint density at radius 1 is 1.21 bits per heavy atom. The van der Waals surface area contributed by atoms with E-state index in [0.29, 0.717) is 0 Å². The number of thioether (sulfide) groups is 2. The van der Waals surface area contributed by atoms with Gasteiger partial charge in [0, 0.05) is 5.25 Å². The average Bonchev–Trinajstić information content (AvgIpc) is 2.19. The van der Waals surface area contributed by atoms with Crippen molar-refractivity contribution in [1.82, 2.24) is 0 Å². The first kappa shape index (κ1) is 12.8. The minimum Gasteiger partial charge on any atom is -0.165 e. The van der Waals surface area contributed by atoms with E-state index in [1.54, 1.807) is 0 Å². The Morgan fingerprint density at radius 2 is 2.00 bits per heavy atom. The summed E-state index contributed by atoms with van der Waals surface area (Å²) in [5.74, 6) is 3.41. The normalized spacial score (nSPS) is 33.2. The summed E-state index contributed by atoms with van der Waals surface area (Å²) in [5.41, 5.74) is 0. The van der Waals surface area contributed by atoms with Crippen molar-refractivity contribution in [3.63, 3.8) is 0 Å². The maximum atomic E-state index is 2.32. The number of hydrogen-bond donors (Lipinski definition) is 0. The van der Waals surface area contributed by atoms with Crippen LogP contribution in [0.25, 0.3) is 0 Å². The third-order valence-electron chi connectivity index (χ3n) is 3.40. The Kier molecular flexibility index (Phi) is 6.43. The molecule has 14 heavy (non-hydrogen) atoms. The molecular formula is C12H24S2. The predicted molar refractivity (Wildman–Crippen MR) is 71.4 cm³/mol. The molecule has 0 saturated heterocycles. The molecule has 2 heteroatoms. The van der Waals surface area contributed by atoms with Gasteiger partial charge < -0.3 is 0 Å². The molecule has 0 aromatic heterocycles. The Hall–Kier alpha value is 0.700. The Morgan fingerprint density at radius 3 is 2.57 bits per heavy atom. The highest BCUT2D eigenvalue weighted by atomic mass is 32.2. The minimum absolute atomic E-state index is 0.954. The molecule has 0 spiro atoms. The van der Waals surface area contributed by atoms with Crippen LogP contribution in [0.3, 0.4) is 0 Å². The van der Waals surface area contributed by atoms with Crippen molar-refractivity contribution in [2.24, 2.45) is 11.8 Å². The fourth-order valence-corrected chi connectivity index (χ4v) is 4.59. The summed E-state index contributed by atoms with van der Waals surface area (Å²) in [7, 11) is 0. The maximum absolute atomic E-state index is 2.32. The fraction of sp³-hybridized carbons (Fsp3) is 1.00. The van der Waals surface area contributed by atoms with Gasteiger partial charge in [0.15, 0.2) is 0 Å². The molecule has 3 unspecified atom stereocenters. The van der Waals surface area contributed by atoms with Gasteiger partial charge in [-0.3, -0.25) is 0 Å². The first-order valence-corrected chi connectivity index (χ1v) is 8.51. The van der Waals surface area contributed by atoms with Crippen molar-refractivity contribution in [1.29, 1.82) is 0 Å². The zero-order valence-electron chi connectivity index (χ0n) is 9.79. The van der Waals surface area contributed by atoms with Crippen LogP contribution in [0.15, 0.2) is 0 Å². The zero-order chi connectivity index (χ0) is 10.4. The molecule has 84 valence electrons. The van der Waals surface area contributed by atoms with E-state index < -0.39 is 0 Å². The Labute approximate surface area is 98.0 Å². The molecule has 3 atom stereocenters. The molecule has 0 aliphatic heterocycles. The fourth-order valence-electron chi connectivity index (χ4n) is 2.70. The first-order chi connectivity index (χ1) is 6.81. The first-order valence-electron chi connectivity index (χ1n) is 5.83. The van der Waals surface area contributed by atoms with Crippen LogP contribution in [0.4, 0.5) is 0 Å². The van der Waals surface area contributed by atoms with Crippen LogP contribution >= 0.6 is 23.5 Å². The van der Waals surface area contributed by atoms with Crippen molar-refractivity contribution in [3.8, 4) is 0 Å². The van der Waals surface area contributed by atoms with Gasteiger partial charge in [0.1, 0.15) is 0 Å². The SMILES string of the molecule is CCCC1CCC(SC)C(CSC)C1. The van der Waals surface area contributed by atoms with Crippen LogP contribution in [0.5, 0.6) is 0 Å². The highest BCUT2D eigenvalue weighted by Crippen LogP contribution is 2.38. The Balaban J connectivity index is 2.39. The molecule has 1 saturated carbocycles. The third-order valence-corrected chi connectivity index (χ3v) is 5.39. The summed E-state index contributed by atoms with van der Waals surface area (Å²) in [5, 5.41) is 0.954. The second-order valence-corrected chi connectivity index (χ2v) is 6.44. The molecule has 1 aliphatic rings. The van der Waals surface area contributed by atoms with E-state index in [9.17, 15) is 0 Å². The lowest BCUT2D eigenvalue weighted by atomic mass is 9.80. The predicted octanol–water partition coefficient (Wildman–Crippen LogP) is 4.30. The summed E-state index contributed by atoms with van der Waals surface area (Å²) >= 11 is 4.13. The van der Waals surface area contributed by atoms with Gasteiger partial charge >= 0.3 is 0 Å². The lowest BCUT2D eigenvalue weighted by molar-refractivity contribution is 0.280. The second kappa shape index (κ2) is 7.05. The lowest BCUT2D eigenvalue weighted by Crippen LogP contribution is -2.28. The standard InChI is InChI=1S/C12H24S2/c1-4-5-10-6-7-12(14-3)11(8-10)9-13-2/h10-12H,4-9H2,1-3H3. The molecule has 1 fully saturated rings. The Bertz CT molecular complexity index is 147. The van der Waals surface area contributed by atoms with Crippen molar-refractivity contribution in [3.05, 3.63) is 0 Å². The number of rotatable bonds is 5. The van der Waals surface area contributed by atoms with E-state index in [0.717, 1.165) is 17.1 Å². The molecular weight excluding hydrogens is 208 g/mol. The molecule has 0 nitrogen and oxygen atoms in total. The van der Waals surface area contributed by atoms with Gasteiger partial charge in [0.2, 0.25) is 0 Å². The van der Waals surface area contributed by atoms with E-state index in [1.165, 1.54) is 37.9 Å². The summed E-state index contributed by atoms with van der Waals surface area (Å²) in [6.45, 7) is 2.32. The molecule has 0 bridgehead atoms. The van der Waals surface area contributed by atoms with Gasteiger partial charge in [-0.05, 0) is 49.4 Å². The van der Waals surface area contributed by atoms with Crippen LogP contribution in [0.2, 0.25) is 0 Å². The third kappa shape index (κ3) is 3.69. The zero-order valence-corrected chi connectivity index (χ0v) is 11.4.